The second-order valence-electron chi connectivity index (χ2n) is 5.57. The van der Waals surface area contributed by atoms with E-state index < -0.39 is 10.0 Å². The third kappa shape index (κ3) is 2.61. The molecule has 6 nitrogen and oxygen atoms in total. The highest BCUT2D eigenvalue weighted by molar-refractivity contribution is 7.90. The molecule has 22 heavy (non-hydrogen) atoms. The molecule has 7 heteroatoms. The lowest BCUT2D eigenvalue weighted by Gasteiger charge is -2.25. The predicted octanol–water partition coefficient (Wildman–Crippen LogP) is 1.87. The van der Waals surface area contributed by atoms with Crippen molar-refractivity contribution in [3.8, 4) is 0 Å². The highest BCUT2D eigenvalue weighted by atomic mass is 32.2. The molecule has 1 amide bonds. The first-order valence-corrected chi connectivity index (χ1v) is 8.97. The molecule has 0 aromatic heterocycles. The largest absolute Gasteiger partial charge is 0.339 e. The van der Waals surface area contributed by atoms with Crippen molar-refractivity contribution in [2.24, 2.45) is 4.40 Å². The molecule has 0 saturated carbocycles. The van der Waals surface area contributed by atoms with Gasteiger partial charge in [0.25, 0.3) is 15.9 Å². The first-order chi connectivity index (χ1) is 10.5. The van der Waals surface area contributed by atoms with Crippen LogP contribution in [0.1, 0.15) is 36.5 Å². The lowest BCUT2D eigenvalue weighted by Crippen LogP contribution is -2.30. The molecule has 118 valence electrons. The lowest BCUT2D eigenvalue weighted by atomic mass is 10.1. The van der Waals surface area contributed by atoms with Crippen LogP contribution in [0.4, 0.5) is 5.69 Å². The number of rotatable bonds is 3. The van der Waals surface area contributed by atoms with Crippen LogP contribution in [-0.2, 0) is 10.0 Å². The molecule has 0 N–H and O–H groups in total. The average Bonchev–Trinajstić information content (AvgIpc) is 3.04. The van der Waals surface area contributed by atoms with Gasteiger partial charge in [-0.15, -0.1) is 4.40 Å². The number of hydrogen-bond acceptors (Lipinski definition) is 4. The van der Waals surface area contributed by atoms with Crippen LogP contribution < -0.4 is 4.90 Å². The molecule has 1 aromatic carbocycles. The SMILES string of the molecule is CCCN1C=NS(=O)(=O)c2cc(C(=O)N3CCCC3)ccc21. The van der Waals surface area contributed by atoms with Gasteiger partial charge in [0.2, 0.25) is 0 Å². The van der Waals surface area contributed by atoms with Gasteiger partial charge in [0.15, 0.2) is 0 Å². The quantitative estimate of drug-likeness (QED) is 0.852. The van der Waals surface area contributed by atoms with Gasteiger partial charge >= 0.3 is 0 Å². The molecule has 0 aliphatic carbocycles. The number of amides is 1. The van der Waals surface area contributed by atoms with Crippen LogP contribution in [0.15, 0.2) is 27.5 Å². The van der Waals surface area contributed by atoms with Crippen LogP contribution in [0.2, 0.25) is 0 Å². The van der Waals surface area contributed by atoms with Gasteiger partial charge in [-0.3, -0.25) is 4.79 Å². The molecule has 0 spiro atoms. The first-order valence-electron chi connectivity index (χ1n) is 7.53. The van der Waals surface area contributed by atoms with Crippen molar-refractivity contribution < 1.29 is 13.2 Å². The van der Waals surface area contributed by atoms with E-state index in [4.69, 9.17) is 0 Å². The van der Waals surface area contributed by atoms with E-state index in [1.807, 2.05) is 6.92 Å². The molecule has 2 aliphatic rings. The van der Waals surface area contributed by atoms with Crippen molar-refractivity contribution in [1.82, 2.24) is 4.90 Å². The minimum absolute atomic E-state index is 0.105. The van der Waals surface area contributed by atoms with E-state index in [-0.39, 0.29) is 10.8 Å². The summed E-state index contributed by atoms with van der Waals surface area (Å²) in [5, 5.41) is 0. The van der Waals surface area contributed by atoms with Crippen molar-refractivity contribution in [2.75, 3.05) is 24.5 Å². The van der Waals surface area contributed by atoms with E-state index >= 15 is 0 Å². The summed E-state index contributed by atoms with van der Waals surface area (Å²) >= 11 is 0. The summed E-state index contributed by atoms with van der Waals surface area (Å²) in [5.41, 5.74) is 1.01. The second kappa shape index (κ2) is 5.72. The monoisotopic (exact) mass is 321 g/mol. The number of sulfonamides is 1. The molecule has 0 bridgehead atoms. The zero-order chi connectivity index (χ0) is 15.7. The summed E-state index contributed by atoms with van der Waals surface area (Å²) in [5.74, 6) is -0.105. The van der Waals surface area contributed by atoms with Crippen molar-refractivity contribution in [1.29, 1.82) is 0 Å². The Morgan fingerprint density at radius 2 is 2.00 bits per heavy atom. The molecule has 3 rings (SSSR count). The number of hydrogen-bond donors (Lipinski definition) is 0. The lowest BCUT2D eigenvalue weighted by molar-refractivity contribution is 0.0792. The zero-order valence-electron chi connectivity index (χ0n) is 12.5. The Morgan fingerprint density at radius 1 is 1.27 bits per heavy atom. The van der Waals surface area contributed by atoms with Crippen LogP contribution in [0.5, 0.6) is 0 Å². The number of nitrogens with zero attached hydrogens (tertiary/aromatic N) is 3. The minimum atomic E-state index is -3.72. The van der Waals surface area contributed by atoms with Gasteiger partial charge in [0.05, 0.1) is 5.69 Å². The molecule has 0 atom stereocenters. The summed E-state index contributed by atoms with van der Waals surface area (Å²) < 4.78 is 28.0. The Kier molecular flexibility index (Phi) is 3.90. The molecular formula is C15H19N3O3S. The van der Waals surface area contributed by atoms with Gasteiger partial charge < -0.3 is 9.80 Å². The van der Waals surface area contributed by atoms with E-state index in [2.05, 4.69) is 4.40 Å². The number of carbonyl (C=O) groups excluding carboxylic acids is 1. The van der Waals surface area contributed by atoms with Crippen LogP contribution in [-0.4, -0.2) is 45.2 Å². The highest BCUT2D eigenvalue weighted by Crippen LogP contribution is 2.31. The smallest absolute Gasteiger partial charge is 0.285 e. The fourth-order valence-corrected chi connectivity index (χ4v) is 3.93. The molecule has 1 aromatic rings. The average molecular weight is 321 g/mol. The van der Waals surface area contributed by atoms with Gasteiger partial charge in [0, 0.05) is 25.2 Å². The van der Waals surface area contributed by atoms with Crippen LogP contribution >= 0.6 is 0 Å². The number of carbonyl (C=O) groups is 1. The number of fused-ring (bicyclic) bond motifs is 1. The molecular weight excluding hydrogens is 302 g/mol. The molecule has 0 radical (unpaired) electrons. The van der Waals surface area contributed by atoms with Crippen molar-refractivity contribution in [2.45, 2.75) is 31.1 Å². The van der Waals surface area contributed by atoms with Gasteiger partial charge in [-0.25, -0.2) is 0 Å². The van der Waals surface area contributed by atoms with Crippen LogP contribution in [0.3, 0.4) is 0 Å². The Hall–Kier alpha value is -1.89. The standard InChI is InChI=1S/C15H19N3O3S/c1-2-7-18-11-16-22(20,21)14-10-12(5-6-13(14)18)15(19)17-8-3-4-9-17/h5-6,10-11H,2-4,7-9H2,1H3. The Labute approximate surface area is 130 Å². The normalized spacial score (nSPS) is 19.3. The maximum absolute atomic E-state index is 12.4. The summed E-state index contributed by atoms with van der Waals surface area (Å²) in [6.07, 6.45) is 4.23. The Bertz CT molecular complexity index is 722. The molecule has 1 saturated heterocycles. The third-order valence-electron chi connectivity index (χ3n) is 3.98. The van der Waals surface area contributed by atoms with Gasteiger partial charge in [-0.1, -0.05) is 6.92 Å². The van der Waals surface area contributed by atoms with Gasteiger partial charge in [-0.2, -0.15) is 8.42 Å². The predicted molar refractivity (Wildman–Crippen MR) is 84.9 cm³/mol. The first kappa shape index (κ1) is 15.0. The van der Waals surface area contributed by atoms with Crippen molar-refractivity contribution >= 4 is 28.0 Å². The van der Waals surface area contributed by atoms with E-state index in [0.29, 0.717) is 17.8 Å². The number of benzene rings is 1. The van der Waals surface area contributed by atoms with E-state index in [9.17, 15) is 13.2 Å². The van der Waals surface area contributed by atoms with Crippen LogP contribution in [0, 0.1) is 0 Å². The van der Waals surface area contributed by atoms with Gasteiger partial charge in [-0.05, 0) is 37.5 Å². The van der Waals surface area contributed by atoms with Crippen molar-refractivity contribution in [3.63, 3.8) is 0 Å². The molecule has 0 unspecified atom stereocenters. The van der Waals surface area contributed by atoms with Crippen LogP contribution in [0.25, 0.3) is 0 Å². The molecule has 2 heterocycles. The summed E-state index contributed by atoms with van der Waals surface area (Å²) in [6, 6.07) is 4.87. The highest BCUT2D eigenvalue weighted by Gasteiger charge is 2.28. The Morgan fingerprint density at radius 3 is 2.68 bits per heavy atom. The molecule has 2 aliphatic heterocycles. The minimum Gasteiger partial charge on any atom is -0.339 e. The van der Waals surface area contributed by atoms with Gasteiger partial charge in [0.1, 0.15) is 11.2 Å². The molecule has 1 fully saturated rings. The Balaban J connectivity index is 2.00. The third-order valence-corrected chi connectivity index (χ3v) is 5.23. The fourth-order valence-electron chi connectivity index (χ4n) is 2.85. The number of anilines is 1. The maximum Gasteiger partial charge on any atom is 0.285 e. The number of likely N-dealkylation sites (tertiary alicyclic amines) is 1. The van der Waals surface area contributed by atoms with E-state index in [1.165, 1.54) is 12.4 Å². The summed E-state index contributed by atoms with van der Waals surface area (Å²) in [7, 11) is -3.72. The summed E-state index contributed by atoms with van der Waals surface area (Å²) in [6.45, 7) is 4.18. The topological polar surface area (TPSA) is 70.0 Å². The van der Waals surface area contributed by atoms with Crippen molar-refractivity contribution in [3.05, 3.63) is 23.8 Å². The zero-order valence-corrected chi connectivity index (χ0v) is 13.3. The van der Waals surface area contributed by atoms with E-state index in [1.54, 1.807) is 21.9 Å². The maximum atomic E-state index is 12.4. The second-order valence-corrected chi connectivity index (χ2v) is 7.17. The van der Waals surface area contributed by atoms with E-state index in [0.717, 1.165) is 32.4 Å². The summed E-state index contributed by atoms with van der Waals surface area (Å²) in [4.78, 5) is 16.1. The fraction of sp³-hybridized carbons (Fsp3) is 0.467.